The van der Waals surface area contributed by atoms with Gasteiger partial charge in [-0.1, -0.05) is 41.6 Å². The number of benzene rings is 2. The smallest absolute Gasteiger partial charge is 0.264 e. The van der Waals surface area contributed by atoms with Crippen LogP contribution < -0.4 is 5.48 Å². The molecule has 0 radical (unpaired) electrons. The highest BCUT2D eigenvalue weighted by Crippen LogP contribution is 2.31. The molecular formula is C24H30N2O6S. The van der Waals surface area contributed by atoms with Crippen LogP contribution in [0.2, 0.25) is 0 Å². The number of carbonyl (C=O) groups is 1. The third kappa shape index (κ3) is 5.43. The lowest BCUT2D eigenvalue weighted by Crippen LogP contribution is -2.51. The van der Waals surface area contributed by atoms with Crippen molar-refractivity contribution < 1.29 is 28.4 Å². The highest BCUT2D eigenvalue weighted by Gasteiger charge is 2.47. The first-order valence-corrected chi connectivity index (χ1v) is 12.6. The van der Waals surface area contributed by atoms with Crippen LogP contribution in [0.15, 0.2) is 47.6 Å². The summed E-state index contributed by atoms with van der Waals surface area (Å²) < 4.78 is 22.6. The number of aliphatic hydroxyl groups excluding tert-OH is 1. The van der Waals surface area contributed by atoms with E-state index in [9.17, 15) is 18.3 Å². The number of nitrogens with zero attached hydrogens (tertiary/aromatic N) is 1. The summed E-state index contributed by atoms with van der Waals surface area (Å²) in [6.45, 7) is 5.03. The van der Waals surface area contributed by atoms with E-state index in [2.05, 4.69) is 5.16 Å². The minimum absolute atomic E-state index is 0.138. The van der Waals surface area contributed by atoms with Gasteiger partial charge in [0.15, 0.2) is 14.6 Å². The lowest BCUT2D eigenvalue weighted by molar-refractivity contribution is -0.132. The lowest BCUT2D eigenvalue weighted by atomic mass is 9.93. The molecule has 9 heteroatoms. The van der Waals surface area contributed by atoms with E-state index in [0.717, 1.165) is 34.1 Å². The third-order valence-electron chi connectivity index (χ3n) is 6.11. The summed E-state index contributed by atoms with van der Waals surface area (Å²) in [5.74, 6) is -0.998. The molecule has 2 aromatic carbocycles. The van der Waals surface area contributed by atoms with Crippen molar-refractivity contribution >= 4 is 21.5 Å². The molecule has 0 bridgehead atoms. The van der Waals surface area contributed by atoms with Crippen LogP contribution in [0.5, 0.6) is 0 Å². The van der Waals surface area contributed by atoms with Gasteiger partial charge in [-0.2, -0.15) is 0 Å². The average molecular weight is 475 g/mol. The number of rotatable bonds is 8. The zero-order valence-electron chi connectivity index (χ0n) is 19.2. The summed E-state index contributed by atoms with van der Waals surface area (Å²) in [7, 11) is -3.82. The molecule has 33 heavy (non-hydrogen) atoms. The van der Waals surface area contributed by atoms with Gasteiger partial charge in [-0.05, 0) is 61.1 Å². The summed E-state index contributed by atoms with van der Waals surface area (Å²) in [5, 5.41) is 22.7. The standard InChI is InChI=1S/C24H30N2O6S/c1-15-11-19(9-10-21(15)18-7-5-17(6-8-18)12-16(2)27)22-13-20(32-26-22)14-24(3,23(28)25-29)33(4,30)31/h5-11,16,20,27,29H,12-14H2,1-4H3,(H,25,28). The number of hydroxylamine groups is 1. The quantitative estimate of drug-likeness (QED) is 0.399. The largest absolute Gasteiger partial charge is 0.393 e. The number of aliphatic hydroxyl groups is 1. The van der Waals surface area contributed by atoms with E-state index in [1.54, 1.807) is 6.92 Å². The summed E-state index contributed by atoms with van der Waals surface area (Å²) in [5.41, 5.74) is 7.23. The van der Waals surface area contributed by atoms with Gasteiger partial charge in [-0.25, -0.2) is 13.9 Å². The van der Waals surface area contributed by atoms with E-state index in [1.165, 1.54) is 12.4 Å². The number of hydrogen-bond acceptors (Lipinski definition) is 7. The Labute approximate surface area is 194 Å². The second kappa shape index (κ2) is 9.62. The Kier molecular flexibility index (Phi) is 7.26. The van der Waals surface area contributed by atoms with Gasteiger partial charge in [0.1, 0.15) is 6.10 Å². The number of amides is 1. The fourth-order valence-electron chi connectivity index (χ4n) is 4.00. The molecule has 1 aliphatic heterocycles. The molecule has 0 saturated heterocycles. The van der Waals surface area contributed by atoms with Gasteiger partial charge in [0.25, 0.3) is 5.91 Å². The predicted octanol–water partition coefficient (Wildman–Crippen LogP) is 2.78. The molecule has 3 rings (SSSR count). The molecule has 0 saturated carbocycles. The Morgan fingerprint density at radius 3 is 2.42 bits per heavy atom. The molecule has 1 heterocycles. The van der Waals surface area contributed by atoms with E-state index in [4.69, 9.17) is 10.0 Å². The molecule has 0 spiro atoms. The first kappa shape index (κ1) is 24.9. The first-order valence-electron chi connectivity index (χ1n) is 10.7. The molecule has 3 atom stereocenters. The van der Waals surface area contributed by atoms with Crippen molar-refractivity contribution in [1.82, 2.24) is 5.48 Å². The fourth-order valence-corrected chi connectivity index (χ4v) is 4.87. The summed E-state index contributed by atoms with van der Waals surface area (Å²) in [6, 6.07) is 14.0. The second-order valence-electron chi connectivity index (χ2n) is 8.90. The fraction of sp³-hybridized carbons (Fsp3) is 0.417. The monoisotopic (exact) mass is 474 g/mol. The molecule has 0 fully saturated rings. The molecule has 0 aliphatic carbocycles. The molecular weight excluding hydrogens is 444 g/mol. The van der Waals surface area contributed by atoms with Gasteiger partial charge in [0.05, 0.1) is 11.8 Å². The van der Waals surface area contributed by atoms with Gasteiger partial charge < -0.3 is 9.94 Å². The van der Waals surface area contributed by atoms with Crippen LogP contribution in [0, 0.1) is 6.92 Å². The van der Waals surface area contributed by atoms with Crippen LogP contribution in [0.4, 0.5) is 0 Å². The minimum atomic E-state index is -3.82. The van der Waals surface area contributed by atoms with Gasteiger partial charge in [-0.3, -0.25) is 10.0 Å². The zero-order chi connectivity index (χ0) is 24.4. The van der Waals surface area contributed by atoms with Crippen LogP contribution in [-0.2, 0) is 25.9 Å². The first-order chi connectivity index (χ1) is 15.4. The van der Waals surface area contributed by atoms with Crippen LogP contribution >= 0.6 is 0 Å². The van der Waals surface area contributed by atoms with Crippen molar-refractivity contribution in [2.45, 2.75) is 57.0 Å². The van der Waals surface area contributed by atoms with Crippen molar-refractivity contribution in [3.8, 4) is 11.1 Å². The molecule has 2 aromatic rings. The second-order valence-corrected chi connectivity index (χ2v) is 11.3. The van der Waals surface area contributed by atoms with Gasteiger partial charge >= 0.3 is 0 Å². The van der Waals surface area contributed by atoms with Gasteiger partial charge in [0.2, 0.25) is 0 Å². The highest BCUT2D eigenvalue weighted by molar-refractivity contribution is 7.92. The maximum atomic E-state index is 12.2. The van der Waals surface area contributed by atoms with E-state index < -0.39 is 26.6 Å². The van der Waals surface area contributed by atoms with Crippen LogP contribution in [0.1, 0.15) is 43.4 Å². The van der Waals surface area contributed by atoms with Crippen LogP contribution in [0.25, 0.3) is 11.1 Å². The third-order valence-corrected chi connectivity index (χ3v) is 8.09. The number of aryl methyl sites for hydroxylation is 1. The maximum absolute atomic E-state index is 12.2. The van der Waals surface area contributed by atoms with E-state index in [-0.39, 0.29) is 12.5 Å². The molecule has 178 valence electrons. The number of oxime groups is 1. The van der Waals surface area contributed by atoms with Crippen molar-refractivity contribution in [3.05, 3.63) is 59.2 Å². The molecule has 3 unspecified atom stereocenters. The molecule has 1 amide bonds. The van der Waals surface area contributed by atoms with Gasteiger partial charge in [0, 0.05) is 19.1 Å². The average Bonchev–Trinajstić information content (AvgIpc) is 3.20. The van der Waals surface area contributed by atoms with Crippen molar-refractivity contribution in [2.24, 2.45) is 5.16 Å². The lowest BCUT2D eigenvalue weighted by Gasteiger charge is -2.26. The topological polar surface area (TPSA) is 125 Å². The number of nitrogens with one attached hydrogen (secondary N) is 1. The Balaban J connectivity index is 1.74. The minimum Gasteiger partial charge on any atom is -0.393 e. The summed E-state index contributed by atoms with van der Waals surface area (Å²) in [6.07, 6.45) is 0.773. The SMILES string of the molecule is Cc1cc(C2=NOC(CC(C)(C(=O)NO)S(C)(=O)=O)C2)ccc1-c1ccc(CC(C)O)cc1. The highest BCUT2D eigenvalue weighted by atomic mass is 32.2. The van der Waals surface area contributed by atoms with E-state index in [1.807, 2.05) is 49.4 Å². The maximum Gasteiger partial charge on any atom is 0.264 e. The Bertz CT molecular complexity index is 1160. The van der Waals surface area contributed by atoms with Crippen molar-refractivity contribution in [3.63, 3.8) is 0 Å². The molecule has 1 aliphatic rings. The zero-order valence-corrected chi connectivity index (χ0v) is 20.0. The normalized spacial score (nSPS) is 18.7. The van der Waals surface area contributed by atoms with E-state index >= 15 is 0 Å². The summed E-state index contributed by atoms with van der Waals surface area (Å²) >= 11 is 0. The molecule has 8 nitrogen and oxygen atoms in total. The van der Waals surface area contributed by atoms with Crippen LogP contribution in [0.3, 0.4) is 0 Å². The number of hydrogen-bond donors (Lipinski definition) is 3. The van der Waals surface area contributed by atoms with E-state index in [0.29, 0.717) is 18.6 Å². The molecule has 0 aromatic heterocycles. The Morgan fingerprint density at radius 1 is 1.24 bits per heavy atom. The van der Waals surface area contributed by atoms with Crippen molar-refractivity contribution in [1.29, 1.82) is 0 Å². The predicted molar refractivity (Wildman–Crippen MR) is 126 cm³/mol. The van der Waals surface area contributed by atoms with Crippen molar-refractivity contribution in [2.75, 3.05) is 6.26 Å². The number of sulfone groups is 1. The van der Waals surface area contributed by atoms with Crippen LogP contribution in [-0.4, -0.2) is 53.6 Å². The van der Waals surface area contributed by atoms with Gasteiger partial charge in [-0.15, -0.1) is 0 Å². The Morgan fingerprint density at radius 2 is 1.88 bits per heavy atom. The number of carbonyl (C=O) groups excluding carboxylic acids is 1. The summed E-state index contributed by atoms with van der Waals surface area (Å²) in [4.78, 5) is 17.5. The Hall–Kier alpha value is -2.75. The molecule has 3 N–H and O–H groups in total.